The van der Waals surface area contributed by atoms with Gasteiger partial charge in [-0.05, 0) is 48.5 Å². The lowest BCUT2D eigenvalue weighted by Gasteiger charge is -2.35. The van der Waals surface area contributed by atoms with Crippen molar-refractivity contribution in [3.63, 3.8) is 0 Å². The number of rotatable bonds is 5. The number of anilines is 2. The van der Waals surface area contributed by atoms with E-state index in [2.05, 4.69) is 4.72 Å². The molecule has 1 saturated heterocycles. The van der Waals surface area contributed by atoms with Crippen LogP contribution in [-0.4, -0.2) is 76.6 Å². The number of piperazine rings is 1. The first-order chi connectivity index (χ1) is 14.1. The van der Waals surface area contributed by atoms with Crippen LogP contribution in [0.25, 0.3) is 0 Å². The molecule has 0 atom stereocenters. The van der Waals surface area contributed by atoms with Gasteiger partial charge in [0.2, 0.25) is 10.0 Å². The monoisotopic (exact) mass is 430 g/mol. The van der Waals surface area contributed by atoms with Crippen LogP contribution in [0.3, 0.4) is 0 Å². The molecule has 0 unspecified atom stereocenters. The third-order valence-electron chi connectivity index (χ3n) is 4.92. The largest absolute Gasteiger partial charge is 0.378 e. The number of nitrogens with one attached hydrogen (secondary N) is 1. The second kappa shape index (κ2) is 8.74. The molecule has 0 spiro atoms. The summed E-state index contributed by atoms with van der Waals surface area (Å²) in [5.74, 6) is -0.174. The van der Waals surface area contributed by atoms with E-state index in [4.69, 9.17) is 0 Å². The average molecular weight is 431 g/mol. The van der Waals surface area contributed by atoms with Crippen molar-refractivity contribution in [1.82, 2.24) is 9.80 Å². The minimum Gasteiger partial charge on any atom is -0.378 e. The Morgan fingerprint density at radius 2 is 1.20 bits per heavy atom. The lowest BCUT2D eigenvalue weighted by atomic mass is 10.1. The van der Waals surface area contributed by atoms with Gasteiger partial charge in [0.05, 0.1) is 6.26 Å². The molecule has 160 valence electrons. The Balaban J connectivity index is 1.58. The number of nitrogens with zero attached hydrogens (tertiary/aromatic N) is 3. The molecule has 9 heteroatoms. The van der Waals surface area contributed by atoms with Gasteiger partial charge in [0, 0.05) is 62.8 Å². The van der Waals surface area contributed by atoms with Gasteiger partial charge in [0.1, 0.15) is 0 Å². The predicted molar refractivity (Wildman–Crippen MR) is 117 cm³/mol. The molecule has 2 aromatic rings. The molecule has 1 N–H and O–H groups in total. The second-order valence-corrected chi connectivity index (χ2v) is 9.23. The topological polar surface area (TPSA) is 90.0 Å². The van der Waals surface area contributed by atoms with Crippen molar-refractivity contribution in [3.05, 3.63) is 59.7 Å². The van der Waals surface area contributed by atoms with E-state index >= 15 is 0 Å². The zero-order chi connectivity index (χ0) is 21.9. The van der Waals surface area contributed by atoms with Gasteiger partial charge in [-0.15, -0.1) is 0 Å². The minimum absolute atomic E-state index is 0.0383. The minimum atomic E-state index is -3.36. The molecule has 3 rings (SSSR count). The van der Waals surface area contributed by atoms with E-state index in [0.29, 0.717) is 43.0 Å². The summed E-state index contributed by atoms with van der Waals surface area (Å²) < 4.78 is 24.9. The van der Waals surface area contributed by atoms with E-state index in [-0.39, 0.29) is 11.8 Å². The van der Waals surface area contributed by atoms with E-state index in [1.54, 1.807) is 34.1 Å². The lowest BCUT2D eigenvalue weighted by Crippen LogP contribution is -2.50. The molecule has 2 aromatic carbocycles. The summed E-state index contributed by atoms with van der Waals surface area (Å²) in [5, 5.41) is 0. The summed E-state index contributed by atoms with van der Waals surface area (Å²) in [6, 6.07) is 13.8. The van der Waals surface area contributed by atoms with E-state index in [9.17, 15) is 18.0 Å². The van der Waals surface area contributed by atoms with Gasteiger partial charge in [0.15, 0.2) is 0 Å². The molecule has 0 aromatic heterocycles. The van der Waals surface area contributed by atoms with Crippen LogP contribution in [0.1, 0.15) is 20.7 Å². The molecule has 2 amide bonds. The van der Waals surface area contributed by atoms with Gasteiger partial charge >= 0.3 is 0 Å². The molecule has 0 bridgehead atoms. The maximum Gasteiger partial charge on any atom is 0.253 e. The maximum absolute atomic E-state index is 12.7. The molecule has 1 aliphatic rings. The number of carbonyl (C=O) groups excluding carboxylic acids is 2. The van der Waals surface area contributed by atoms with Crippen LogP contribution in [0, 0.1) is 0 Å². The zero-order valence-electron chi connectivity index (χ0n) is 17.3. The first kappa shape index (κ1) is 21.6. The summed E-state index contributed by atoms with van der Waals surface area (Å²) in [5.41, 5.74) is 2.55. The first-order valence-corrected chi connectivity index (χ1v) is 11.5. The van der Waals surface area contributed by atoms with Gasteiger partial charge in [-0.1, -0.05) is 0 Å². The predicted octanol–water partition coefficient (Wildman–Crippen LogP) is 1.72. The van der Waals surface area contributed by atoms with Crippen LogP contribution in [0.5, 0.6) is 0 Å². The maximum atomic E-state index is 12.7. The van der Waals surface area contributed by atoms with Gasteiger partial charge in [0.25, 0.3) is 11.8 Å². The van der Waals surface area contributed by atoms with Crippen LogP contribution in [0.2, 0.25) is 0 Å². The Labute approximate surface area is 177 Å². The van der Waals surface area contributed by atoms with E-state index in [1.807, 2.05) is 43.3 Å². The zero-order valence-corrected chi connectivity index (χ0v) is 18.1. The third-order valence-corrected chi connectivity index (χ3v) is 5.53. The molecular formula is C21H26N4O4S. The Kier molecular flexibility index (Phi) is 6.31. The molecule has 1 fully saturated rings. The third kappa shape index (κ3) is 5.29. The van der Waals surface area contributed by atoms with E-state index in [1.165, 1.54) is 0 Å². The van der Waals surface area contributed by atoms with Crippen LogP contribution in [0.4, 0.5) is 11.4 Å². The summed E-state index contributed by atoms with van der Waals surface area (Å²) in [7, 11) is 0.535. The highest BCUT2D eigenvalue weighted by atomic mass is 32.2. The van der Waals surface area contributed by atoms with Crippen molar-refractivity contribution in [3.8, 4) is 0 Å². The normalized spacial score (nSPS) is 14.4. The van der Waals surface area contributed by atoms with Gasteiger partial charge in [-0.2, -0.15) is 0 Å². The Hall–Kier alpha value is -3.07. The first-order valence-electron chi connectivity index (χ1n) is 9.58. The fraction of sp³-hybridized carbons (Fsp3) is 0.333. The standard InChI is InChI=1S/C21H26N4O4S/c1-23(2)19-10-6-17(7-11-19)21(27)25-14-12-24(13-15-25)20(26)16-4-8-18(9-5-16)22-30(3,28)29/h4-11,22H,12-15H2,1-3H3. The molecule has 8 nitrogen and oxygen atoms in total. The number of carbonyl (C=O) groups is 2. The molecule has 30 heavy (non-hydrogen) atoms. The van der Waals surface area contributed by atoms with Crippen LogP contribution >= 0.6 is 0 Å². The summed E-state index contributed by atoms with van der Waals surface area (Å²) in [6.07, 6.45) is 1.07. The molecular weight excluding hydrogens is 404 g/mol. The number of hydrogen-bond acceptors (Lipinski definition) is 5. The number of sulfonamides is 1. The second-order valence-electron chi connectivity index (χ2n) is 7.48. The molecule has 1 heterocycles. The molecule has 1 aliphatic heterocycles. The van der Waals surface area contributed by atoms with Crippen LogP contribution in [0.15, 0.2) is 48.5 Å². The highest BCUT2D eigenvalue weighted by Gasteiger charge is 2.25. The highest BCUT2D eigenvalue weighted by Crippen LogP contribution is 2.17. The molecule has 0 radical (unpaired) electrons. The van der Waals surface area contributed by atoms with Crippen molar-refractivity contribution in [2.75, 3.05) is 56.2 Å². The lowest BCUT2D eigenvalue weighted by molar-refractivity contribution is 0.0535. The smallest absolute Gasteiger partial charge is 0.253 e. The van der Waals surface area contributed by atoms with Crippen molar-refractivity contribution in [2.45, 2.75) is 0 Å². The fourth-order valence-electron chi connectivity index (χ4n) is 3.27. The van der Waals surface area contributed by atoms with Crippen molar-refractivity contribution in [1.29, 1.82) is 0 Å². The van der Waals surface area contributed by atoms with Crippen LogP contribution < -0.4 is 9.62 Å². The Bertz CT molecular complexity index is 1010. The quantitative estimate of drug-likeness (QED) is 0.780. The highest BCUT2D eigenvalue weighted by molar-refractivity contribution is 7.92. The SMILES string of the molecule is CN(C)c1ccc(C(=O)N2CCN(C(=O)c3ccc(NS(C)(=O)=O)cc3)CC2)cc1. The van der Waals surface area contributed by atoms with Gasteiger partial charge in [-0.25, -0.2) is 8.42 Å². The summed E-state index contributed by atoms with van der Waals surface area (Å²) >= 11 is 0. The fourth-order valence-corrected chi connectivity index (χ4v) is 3.84. The Morgan fingerprint density at radius 3 is 1.57 bits per heavy atom. The Morgan fingerprint density at radius 1 is 0.800 bits per heavy atom. The van der Waals surface area contributed by atoms with E-state index in [0.717, 1.165) is 11.9 Å². The number of amides is 2. The molecule has 0 aliphatic carbocycles. The molecule has 0 saturated carbocycles. The average Bonchev–Trinajstić information content (AvgIpc) is 2.72. The summed E-state index contributed by atoms with van der Waals surface area (Å²) in [4.78, 5) is 30.9. The van der Waals surface area contributed by atoms with Gasteiger partial charge in [-0.3, -0.25) is 14.3 Å². The van der Waals surface area contributed by atoms with Crippen molar-refractivity contribution < 1.29 is 18.0 Å². The number of benzene rings is 2. The van der Waals surface area contributed by atoms with Gasteiger partial charge < -0.3 is 14.7 Å². The number of hydrogen-bond donors (Lipinski definition) is 1. The van der Waals surface area contributed by atoms with Crippen molar-refractivity contribution in [2.24, 2.45) is 0 Å². The van der Waals surface area contributed by atoms with Crippen LogP contribution in [-0.2, 0) is 10.0 Å². The summed E-state index contributed by atoms with van der Waals surface area (Å²) in [6.45, 7) is 1.83. The van der Waals surface area contributed by atoms with E-state index < -0.39 is 10.0 Å². The van der Waals surface area contributed by atoms with Crippen molar-refractivity contribution >= 4 is 33.2 Å².